The average Bonchev–Trinajstić information content (AvgIpc) is 3.29. The van der Waals surface area contributed by atoms with Gasteiger partial charge in [-0.15, -0.1) is 0 Å². The highest BCUT2D eigenvalue weighted by Gasteiger charge is 2.28. The Morgan fingerprint density at radius 2 is 1.83 bits per heavy atom. The van der Waals surface area contributed by atoms with Gasteiger partial charge in [0, 0.05) is 31.9 Å². The first-order valence-electron chi connectivity index (χ1n) is 10.7. The number of hydrogen-bond acceptors (Lipinski definition) is 4. The van der Waals surface area contributed by atoms with Gasteiger partial charge in [-0.25, -0.2) is 9.78 Å². The Morgan fingerprint density at radius 3 is 2.57 bits per heavy atom. The summed E-state index contributed by atoms with van der Waals surface area (Å²) in [4.78, 5) is 33.9. The smallest absolute Gasteiger partial charge is 0.321 e. The van der Waals surface area contributed by atoms with Crippen molar-refractivity contribution in [1.82, 2.24) is 9.88 Å². The molecule has 2 fully saturated rings. The fourth-order valence-electron chi connectivity index (χ4n) is 4.14. The van der Waals surface area contributed by atoms with Gasteiger partial charge >= 0.3 is 6.03 Å². The van der Waals surface area contributed by atoms with Crippen molar-refractivity contribution >= 4 is 29.1 Å². The lowest BCUT2D eigenvalue weighted by molar-refractivity contribution is -0.121. The molecule has 1 aromatic heterocycles. The number of pyridine rings is 1. The van der Waals surface area contributed by atoms with Crippen LogP contribution in [-0.2, 0) is 4.79 Å². The van der Waals surface area contributed by atoms with Gasteiger partial charge in [0.15, 0.2) is 0 Å². The molecule has 0 saturated carbocycles. The van der Waals surface area contributed by atoms with Gasteiger partial charge in [-0.2, -0.15) is 0 Å². The van der Waals surface area contributed by atoms with Gasteiger partial charge in [-0.05, 0) is 62.4 Å². The fraction of sp³-hybridized carbons (Fsp3) is 0.435. The second-order valence-electron chi connectivity index (χ2n) is 8.17. The standard InChI is InChI=1S/C23H29N5O2/c1-17-6-4-8-19(14-17)26-23(30)28-13-5-7-18(16-28)22(29)25-20-9-10-21(24-15-20)27-11-2-3-12-27/h4,6,8-10,14-15,18H,2-3,5,7,11-13,16H2,1H3,(H,25,29)(H,26,30). The average molecular weight is 408 g/mol. The molecule has 2 aliphatic rings. The first-order valence-corrected chi connectivity index (χ1v) is 10.7. The number of anilines is 3. The van der Waals surface area contributed by atoms with Crippen molar-refractivity contribution in [2.24, 2.45) is 5.92 Å². The minimum absolute atomic E-state index is 0.0567. The zero-order valence-electron chi connectivity index (χ0n) is 17.4. The van der Waals surface area contributed by atoms with Crippen LogP contribution in [0.1, 0.15) is 31.2 Å². The van der Waals surface area contributed by atoms with Crippen LogP contribution in [0.4, 0.5) is 22.0 Å². The highest BCUT2D eigenvalue weighted by molar-refractivity contribution is 5.94. The van der Waals surface area contributed by atoms with Gasteiger partial charge in [0.05, 0.1) is 17.8 Å². The van der Waals surface area contributed by atoms with Gasteiger partial charge in [0.1, 0.15) is 5.82 Å². The molecule has 4 rings (SSSR count). The molecule has 1 aromatic carbocycles. The zero-order chi connectivity index (χ0) is 20.9. The summed E-state index contributed by atoms with van der Waals surface area (Å²) in [5.41, 5.74) is 2.56. The molecular weight excluding hydrogens is 378 g/mol. The summed E-state index contributed by atoms with van der Waals surface area (Å²) in [6.07, 6.45) is 5.72. The van der Waals surface area contributed by atoms with E-state index in [0.29, 0.717) is 18.8 Å². The number of nitrogens with one attached hydrogen (secondary N) is 2. The van der Waals surface area contributed by atoms with E-state index >= 15 is 0 Å². The summed E-state index contributed by atoms with van der Waals surface area (Å²) < 4.78 is 0. The molecule has 1 unspecified atom stereocenters. The largest absolute Gasteiger partial charge is 0.357 e. The van der Waals surface area contributed by atoms with E-state index in [-0.39, 0.29) is 17.9 Å². The summed E-state index contributed by atoms with van der Waals surface area (Å²) in [5, 5.41) is 5.90. The highest BCUT2D eigenvalue weighted by atomic mass is 16.2. The number of rotatable bonds is 4. The Kier molecular flexibility index (Phi) is 6.16. The first-order chi connectivity index (χ1) is 14.6. The summed E-state index contributed by atoms with van der Waals surface area (Å²) in [5.74, 6) is 0.682. The van der Waals surface area contributed by atoms with Crippen LogP contribution in [0.25, 0.3) is 0 Å². The van der Waals surface area contributed by atoms with E-state index in [0.717, 1.165) is 43.0 Å². The Morgan fingerprint density at radius 1 is 1.00 bits per heavy atom. The Labute approximate surface area is 177 Å². The topological polar surface area (TPSA) is 77.6 Å². The number of amides is 3. The second-order valence-corrected chi connectivity index (χ2v) is 8.17. The van der Waals surface area contributed by atoms with Crippen molar-refractivity contribution < 1.29 is 9.59 Å². The number of benzene rings is 1. The lowest BCUT2D eigenvalue weighted by Crippen LogP contribution is -2.45. The third-order valence-corrected chi connectivity index (χ3v) is 5.79. The van der Waals surface area contributed by atoms with Crippen LogP contribution in [0.2, 0.25) is 0 Å². The molecule has 3 amide bonds. The summed E-state index contributed by atoms with van der Waals surface area (Å²) in [6.45, 7) is 5.15. The van der Waals surface area contributed by atoms with E-state index in [9.17, 15) is 9.59 Å². The predicted octanol–water partition coefficient (Wildman–Crippen LogP) is 3.87. The zero-order valence-corrected chi connectivity index (χ0v) is 17.4. The van der Waals surface area contributed by atoms with E-state index in [4.69, 9.17) is 0 Å². The molecule has 158 valence electrons. The van der Waals surface area contributed by atoms with Gasteiger partial charge in [0.2, 0.25) is 5.91 Å². The number of aromatic nitrogens is 1. The van der Waals surface area contributed by atoms with Crippen LogP contribution < -0.4 is 15.5 Å². The van der Waals surface area contributed by atoms with Crippen molar-refractivity contribution in [2.45, 2.75) is 32.6 Å². The highest BCUT2D eigenvalue weighted by Crippen LogP contribution is 2.22. The molecule has 0 aliphatic carbocycles. The molecule has 0 bridgehead atoms. The number of likely N-dealkylation sites (tertiary alicyclic amines) is 1. The predicted molar refractivity (Wildman–Crippen MR) is 119 cm³/mol. The monoisotopic (exact) mass is 407 g/mol. The maximum Gasteiger partial charge on any atom is 0.321 e. The lowest BCUT2D eigenvalue weighted by atomic mass is 9.97. The number of nitrogens with zero attached hydrogens (tertiary/aromatic N) is 3. The van der Waals surface area contributed by atoms with E-state index in [2.05, 4.69) is 20.5 Å². The van der Waals surface area contributed by atoms with Gasteiger partial charge < -0.3 is 20.4 Å². The van der Waals surface area contributed by atoms with Crippen molar-refractivity contribution in [3.63, 3.8) is 0 Å². The minimum Gasteiger partial charge on any atom is -0.357 e. The number of hydrogen-bond donors (Lipinski definition) is 2. The van der Waals surface area contributed by atoms with Crippen LogP contribution >= 0.6 is 0 Å². The molecule has 30 heavy (non-hydrogen) atoms. The van der Waals surface area contributed by atoms with E-state index in [1.165, 1.54) is 12.8 Å². The molecule has 3 heterocycles. The van der Waals surface area contributed by atoms with Crippen LogP contribution in [0, 0.1) is 12.8 Å². The van der Waals surface area contributed by atoms with Crippen molar-refractivity contribution in [3.05, 3.63) is 48.2 Å². The van der Waals surface area contributed by atoms with E-state index < -0.39 is 0 Å². The molecule has 1 atom stereocenters. The van der Waals surface area contributed by atoms with E-state index in [1.54, 1.807) is 11.1 Å². The number of carbonyl (C=O) groups excluding carboxylic acids is 2. The van der Waals surface area contributed by atoms with Crippen LogP contribution in [0.5, 0.6) is 0 Å². The Hall–Kier alpha value is -3.09. The minimum atomic E-state index is -0.222. The molecule has 7 heteroatoms. The maximum atomic E-state index is 12.8. The molecular formula is C23H29N5O2. The summed E-state index contributed by atoms with van der Waals surface area (Å²) in [6, 6.07) is 11.4. The molecule has 7 nitrogen and oxygen atoms in total. The fourth-order valence-corrected chi connectivity index (χ4v) is 4.14. The third-order valence-electron chi connectivity index (χ3n) is 5.79. The summed E-state index contributed by atoms with van der Waals surface area (Å²) >= 11 is 0. The summed E-state index contributed by atoms with van der Waals surface area (Å²) in [7, 11) is 0. The van der Waals surface area contributed by atoms with Crippen molar-refractivity contribution in [2.75, 3.05) is 41.7 Å². The van der Waals surface area contributed by atoms with Crippen LogP contribution in [-0.4, -0.2) is 48.0 Å². The number of carbonyl (C=O) groups is 2. The Balaban J connectivity index is 1.32. The van der Waals surface area contributed by atoms with Gasteiger partial charge in [-0.1, -0.05) is 12.1 Å². The Bertz CT molecular complexity index is 893. The molecule has 0 spiro atoms. The first kappa shape index (κ1) is 20.2. The number of aryl methyl sites for hydroxylation is 1. The van der Waals surface area contributed by atoms with E-state index in [1.807, 2.05) is 43.3 Å². The van der Waals surface area contributed by atoms with Crippen molar-refractivity contribution in [3.8, 4) is 0 Å². The molecule has 2 N–H and O–H groups in total. The van der Waals surface area contributed by atoms with Gasteiger partial charge in [-0.3, -0.25) is 4.79 Å². The lowest BCUT2D eigenvalue weighted by Gasteiger charge is -2.32. The molecule has 0 radical (unpaired) electrons. The number of urea groups is 1. The normalized spacial score (nSPS) is 18.9. The SMILES string of the molecule is Cc1cccc(NC(=O)N2CCCC(C(=O)Nc3ccc(N4CCCC4)nc3)C2)c1. The van der Waals surface area contributed by atoms with Crippen molar-refractivity contribution in [1.29, 1.82) is 0 Å². The van der Waals surface area contributed by atoms with Gasteiger partial charge in [0.25, 0.3) is 0 Å². The maximum absolute atomic E-state index is 12.8. The molecule has 2 aliphatic heterocycles. The number of piperidine rings is 1. The quantitative estimate of drug-likeness (QED) is 0.807. The van der Waals surface area contributed by atoms with Crippen LogP contribution in [0.3, 0.4) is 0 Å². The molecule has 2 aromatic rings. The van der Waals surface area contributed by atoms with Crippen LogP contribution in [0.15, 0.2) is 42.6 Å². The molecule has 2 saturated heterocycles. The second kappa shape index (κ2) is 9.15. The third kappa shape index (κ3) is 4.90.